The number of furan rings is 1. The van der Waals surface area contributed by atoms with Crippen LogP contribution in [0.5, 0.6) is 0 Å². The smallest absolute Gasteiger partial charge is 0.136 e. The molecule has 3 heteroatoms. The summed E-state index contributed by atoms with van der Waals surface area (Å²) in [6.45, 7) is 0. The summed E-state index contributed by atoms with van der Waals surface area (Å²) >= 11 is 1.86. The molecule has 0 radical (unpaired) electrons. The molecule has 0 spiro atoms. The van der Waals surface area contributed by atoms with Crippen LogP contribution in [0, 0.1) is 0 Å². The number of hydrogen-bond acceptors (Lipinski definition) is 3. The van der Waals surface area contributed by atoms with Gasteiger partial charge in [-0.05, 0) is 87.3 Å². The molecule has 0 amide bonds. The zero-order valence-corrected chi connectivity index (χ0v) is 26.2. The van der Waals surface area contributed by atoms with Crippen LogP contribution < -0.4 is 4.90 Å². The van der Waals surface area contributed by atoms with E-state index in [0.29, 0.717) is 0 Å². The number of benzene rings is 8. The third-order valence-electron chi connectivity index (χ3n) is 9.41. The molecule has 0 saturated heterocycles. The maximum absolute atomic E-state index is 6.21. The fourth-order valence-corrected chi connectivity index (χ4v) is 8.41. The molecule has 10 rings (SSSR count). The van der Waals surface area contributed by atoms with Gasteiger partial charge in [-0.2, -0.15) is 0 Å². The second kappa shape index (κ2) is 10.3. The maximum Gasteiger partial charge on any atom is 0.136 e. The molecule has 10 aromatic rings. The Morgan fingerprint density at radius 3 is 2.04 bits per heavy atom. The van der Waals surface area contributed by atoms with E-state index < -0.39 is 0 Å². The summed E-state index contributed by atoms with van der Waals surface area (Å²) in [5.74, 6) is 0. The summed E-state index contributed by atoms with van der Waals surface area (Å²) in [7, 11) is 0. The molecule has 47 heavy (non-hydrogen) atoms. The first-order chi connectivity index (χ1) is 23.3. The van der Waals surface area contributed by atoms with Crippen LogP contribution in [-0.4, -0.2) is 0 Å². The van der Waals surface area contributed by atoms with Gasteiger partial charge in [-0.1, -0.05) is 109 Å². The van der Waals surface area contributed by atoms with E-state index in [-0.39, 0.29) is 0 Å². The first kappa shape index (κ1) is 26.3. The monoisotopic (exact) mass is 617 g/mol. The third-order valence-corrected chi connectivity index (χ3v) is 10.6. The number of fused-ring (bicyclic) bond motifs is 9. The van der Waals surface area contributed by atoms with Gasteiger partial charge in [-0.15, -0.1) is 11.3 Å². The average molecular weight is 618 g/mol. The van der Waals surface area contributed by atoms with E-state index in [1.807, 2.05) is 23.5 Å². The summed E-state index contributed by atoms with van der Waals surface area (Å²) in [6.07, 6.45) is 0. The average Bonchev–Trinajstić information content (AvgIpc) is 3.70. The molecular weight excluding hydrogens is 591 g/mol. The van der Waals surface area contributed by atoms with Gasteiger partial charge in [-0.25, -0.2) is 0 Å². The van der Waals surface area contributed by atoms with Gasteiger partial charge in [0.05, 0.1) is 10.4 Å². The fraction of sp³-hybridized carbons (Fsp3) is 0. The number of para-hydroxylation sites is 1. The van der Waals surface area contributed by atoms with Crippen LogP contribution in [-0.2, 0) is 0 Å². The van der Waals surface area contributed by atoms with Gasteiger partial charge in [-0.3, -0.25) is 0 Å². The molecule has 0 saturated carbocycles. The standard InChI is InChI=1S/C44H27NOS/c1-2-10-28(11-3-1)29-12-8-13-32(24-29)45(40-17-9-16-37-36-15-5-7-19-43(36)47-44(37)40)33-22-23-34-30(25-33)20-21-31-26-42-39(27-38(31)34)35-14-4-6-18-41(35)46-42/h1-27H. The van der Waals surface area contributed by atoms with E-state index in [2.05, 4.69) is 157 Å². The Morgan fingerprint density at radius 1 is 0.404 bits per heavy atom. The lowest BCUT2D eigenvalue weighted by molar-refractivity contribution is 0.669. The van der Waals surface area contributed by atoms with Crippen molar-refractivity contribution in [3.05, 3.63) is 164 Å². The third kappa shape index (κ3) is 4.17. The van der Waals surface area contributed by atoms with Crippen LogP contribution in [0.25, 0.3) is 74.8 Å². The van der Waals surface area contributed by atoms with Crippen LogP contribution in [0.2, 0.25) is 0 Å². The summed E-state index contributed by atoms with van der Waals surface area (Å²) in [4.78, 5) is 2.43. The fourth-order valence-electron chi connectivity index (χ4n) is 7.20. The number of hydrogen-bond donors (Lipinski definition) is 0. The minimum atomic E-state index is 0.924. The van der Waals surface area contributed by atoms with Gasteiger partial charge in [0.15, 0.2) is 0 Å². The molecule has 0 N–H and O–H groups in total. The maximum atomic E-state index is 6.21. The summed E-state index contributed by atoms with van der Waals surface area (Å²) in [5.41, 5.74) is 7.69. The van der Waals surface area contributed by atoms with Gasteiger partial charge in [0.25, 0.3) is 0 Å². The lowest BCUT2D eigenvalue weighted by atomic mass is 9.98. The van der Waals surface area contributed by atoms with Gasteiger partial charge in [0, 0.05) is 37.6 Å². The van der Waals surface area contributed by atoms with Gasteiger partial charge < -0.3 is 9.32 Å². The van der Waals surface area contributed by atoms with Crippen molar-refractivity contribution in [1.29, 1.82) is 0 Å². The van der Waals surface area contributed by atoms with Crippen molar-refractivity contribution < 1.29 is 4.42 Å². The first-order valence-corrected chi connectivity index (χ1v) is 16.7. The molecule has 0 unspecified atom stereocenters. The zero-order valence-electron chi connectivity index (χ0n) is 25.4. The molecule has 0 bridgehead atoms. The van der Waals surface area contributed by atoms with E-state index in [4.69, 9.17) is 4.42 Å². The van der Waals surface area contributed by atoms with Crippen molar-refractivity contribution in [2.24, 2.45) is 0 Å². The van der Waals surface area contributed by atoms with Gasteiger partial charge in [0.2, 0.25) is 0 Å². The highest BCUT2D eigenvalue weighted by molar-refractivity contribution is 7.26. The van der Waals surface area contributed by atoms with Crippen molar-refractivity contribution in [1.82, 2.24) is 0 Å². The lowest BCUT2D eigenvalue weighted by Gasteiger charge is -2.27. The number of anilines is 3. The van der Waals surface area contributed by atoms with E-state index in [1.54, 1.807) is 0 Å². The van der Waals surface area contributed by atoms with Crippen molar-refractivity contribution in [3.63, 3.8) is 0 Å². The van der Waals surface area contributed by atoms with Gasteiger partial charge in [0.1, 0.15) is 11.2 Å². The predicted molar refractivity (Wildman–Crippen MR) is 202 cm³/mol. The molecule has 220 valence electrons. The van der Waals surface area contributed by atoms with E-state index in [9.17, 15) is 0 Å². The first-order valence-electron chi connectivity index (χ1n) is 15.9. The minimum Gasteiger partial charge on any atom is -0.456 e. The van der Waals surface area contributed by atoms with Gasteiger partial charge >= 0.3 is 0 Å². The highest BCUT2D eigenvalue weighted by Gasteiger charge is 2.19. The highest BCUT2D eigenvalue weighted by atomic mass is 32.1. The Labute approximate surface area is 275 Å². The molecular formula is C44H27NOS. The predicted octanol–water partition coefficient (Wildman–Crippen LogP) is 13.4. The van der Waals surface area contributed by atoms with Crippen molar-refractivity contribution in [2.45, 2.75) is 0 Å². The Bertz CT molecular complexity index is 2810. The quantitative estimate of drug-likeness (QED) is 0.183. The Morgan fingerprint density at radius 2 is 1.13 bits per heavy atom. The molecule has 2 heterocycles. The second-order valence-corrected chi connectivity index (χ2v) is 13.2. The van der Waals surface area contributed by atoms with E-state index >= 15 is 0 Å². The minimum absolute atomic E-state index is 0.924. The topological polar surface area (TPSA) is 16.4 Å². The van der Waals surface area contributed by atoms with Crippen molar-refractivity contribution in [3.8, 4) is 11.1 Å². The number of rotatable bonds is 4. The van der Waals surface area contributed by atoms with Crippen LogP contribution >= 0.6 is 11.3 Å². The van der Waals surface area contributed by atoms with E-state index in [0.717, 1.165) is 33.3 Å². The Hall–Kier alpha value is -5.90. The normalized spacial score (nSPS) is 11.8. The van der Waals surface area contributed by atoms with Crippen LogP contribution in [0.15, 0.2) is 168 Å². The SMILES string of the molecule is c1ccc(-c2cccc(N(c3ccc4c(ccc5cc6oc7ccccc7c6cc54)c3)c3cccc4c3sc3ccccc34)c2)cc1. The molecule has 0 aliphatic rings. The molecule has 2 aromatic heterocycles. The van der Waals surface area contributed by atoms with Crippen molar-refractivity contribution in [2.75, 3.05) is 4.90 Å². The largest absolute Gasteiger partial charge is 0.456 e. The highest BCUT2D eigenvalue weighted by Crippen LogP contribution is 2.46. The lowest BCUT2D eigenvalue weighted by Crippen LogP contribution is -2.10. The zero-order chi connectivity index (χ0) is 30.9. The summed E-state index contributed by atoms with van der Waals surface area (Å²) < 4.78 is 8.80. The number of nitrogens with zero attached hydrogens (tertiary/aromatic N) is 1. The molecule has 0 aliphatic heterocycles. The molecule has 0 aliphatic carbocycles. The van der Waals surface area contributed by atoms with Crippen LogP contribution in [0.1, 0.15) is 0 Å². The number of thiophene rings is 1. The summed E-state index contributed by atoms with van der Waals surface area (Å²) in [6, 6.07) is 59.1. The Balaban J connectivity index is 1.21. The Kier molecular flexibility index (Phi) is 5.78. The molecule has 0 atom stereocenters. The van der Waals surface area contributed by atoms with Crippen LogP contribution in [0.3, 0.4) is 0 Å². The molecule has 0 fully saturated rings. The molecule has 8 aromatic carbocycles. The van der Waals surface area contributed by atoms with Crippen LogP contribution in [0.4, 0.5) is 17.1 Å². The molecule has 2 nitrogen and oxygen atoms in total. The van der Waals surface area contributed by atoms with Crippen molar-refractivity contribution >= 4 is 92.1 Å². The van der Waals surface area contributed by atoms with E-state index in [1.165, 1.54) is 58.5 Å². The second-order valence-electron chi connectivity index (χ2n) is 12.1. The summed E-state index contributed by atoms with van der Waals surface area (Å²) in [5, 5.41) is 9.74.